The molecular formula is C20H22N4O2. The molecule has 2 heterocycles. The molecule has 0 saturated carbocycles. The molecule has 6 heteroatoms. The van der Waals surface area contributed by atoms with Crippen molar-refractivity contribution in [2.45, 2.75) is 19.8 Å². The summed E-state index contributed by atoms with van der Waals surface area (Å²) in [6.07, 6.45) is 5.11. The van der Waals surface area contributed by atoms with Crippen LogP contribution in [-0.2, 0) is 4.79 Å². The second-order valence-corrected chi connectivity index (χ2v) is 6.18. The average Bonchev–Trinajstić information content (AvgIpc) is 3.11. The van der Waals surface area contributed by atoms with Crippen LogP contribution in [0.2, 0.25) is 0 Å². The van der Waals surface area contributed by atoms with Crippen LogP contribution in [0, 0.1) is 11.3 Å². The second-order valence-electron chi connectivity index (χ2n) is 6.18. The predicted molar refractivity (Wildman–Crippen MR) is 100 cm³/mol. The lowest BCUT2D eigenvalue weighted by Gasteiger charge is -2.34. The van der Waals surface area contributed by atoms with Gasteiger partial charge in [-0.1, -0.05) is 37.3 Å². The molecule has 1 aromatic carbocycles. The fourth-order valence-electron chi connectivity index (χ4n) is 2.95. The normalized spacial score (nSPS) is 14.6. The van der Waals surface area contributed by atoms with E-state index in [4.69, 9.17) is 4.42 Å². The zero-order chi connectivity index (χ0) is 18.4. The summed E-state index contributed by atoms with van der Waals surface area (Å²) in [7, 11) is 0. The maximum absolute atomic E-state index is 12.0. The number of hydrogen-bond acceptors (Lipinski definition) is 5. The summed E-state index contributed by atoms with van der Waals surface area (Å²) in [6.45, 7) is 4.56. The van der Waals surface area contributed by atoms with Gasteiger partial charge >= 0.3 is 0 Å². The van der Waals surface area contributed by atoms with Crippen molar-refractivity contribution in [2.24, 2.45) is 0 Å². The number of oxazole rings is 1. The van der Waals surface area contributed by atoms with Gasteiger partial charge in [0.15, 0.2) is 0 Å². The van der Waals surface area contributed by atoms with E-state index >= 15 is 0 Å². The van der Waals surface area contributed by atoms with Crippen LogP contribution in [0.3, 0.4) is 0 Å². The van der Waals surface area contributed by atoms with Crippen LogP contribution >= 0.6 is 0 Å². The van der Waals surface area contributed by atoms with Gasteiger partial charge in [-0.05, 0) is 18.1 Å². The molecule has 0 unspecified atom stereocenters. The van der Waals surface area contributed by atoms with Crippen LogP contribution in [0.15, 0.2) is 34.7 Å². The first-order chi connectivity index (χ1) is 12.7. The standard InChI is InChI=1S/C20H22N4O2/c1-2-6-19(25)23-11-13-24(14-12-23)20-17(15-21)22-18(26-20)10-9-16-7-4-3-5-8-16/h3-5,7-10H,2,6,11-14H2,1H3. The molecule has 6 nitrogen and oxygen atoms in total. The van der Waals surface area contributed by atoms with E-state index in [-0.39, 0.29) is 11.6 Å². The number of hydrogen-bond donors (Lipinski definition) is 0. The summed E-state index contributed by atoms with van der Waals surface area (Å²) in [4.78, 5) is 20.1. The van der Waals surface area contributed by atoms with Crippen molar-refractivity contribution in [1.29, 1.82) is 5.26 Å². The van der Waals surface area contributed by atoms with E-state index < -0.39 is 0 Å². The number of anilines is 1. The third-order valence-electron chi connectivity index (χ3n) is 4.33. The van der Waals surface area contributed by atoms with Gasteiger partial charge in [-0.3, -0.25) is 4.79 Å². The summed E-state index contributed by atoms with van der Waals surface area (Å²) in [5, 5.41) is 9.37. The maximum Gasteiger partial charge on any atom is 0.235 e. The molecule has 0 spiro atoms. The maximum atomic E-state index is 12.0. The molecule has 2 aromatic rings. The summed E-state index contributed by atoms with van der Waals surface area (Å²) >= 11 is 0. The monoisotopic (exact) mass is 350 g/mol. The van der Waals surface area contributed by atoms with Gasteiger partial charge in [-0.25, -0.2) is 0 Å². The highest BCUT2D eigenvalue weighted by Crippen LogP contribution is 2.24. The molecule has 26 heavy (non-hydrogen) atoms. The first kappa shape index (κ1) is 17.7. The zero-order valence-corrected chi connectivity index (χ0v) is 14.9. The van der Waals surface area contributed by atoms with Gasteiger partial charge in [0, 0.05) is 38.7 Å². The topological polar surface area (TPSA) is 73.4 Å². The number of piperazine rings is 1. The van der Waals surface area contributed by atoms with Crippen LogP contribution in [0.5, 0.6) is 0 Å². The van der Waals surface area contributed by atoms with E-state index in [0.29, 0.717) is 44.4 Å². The van der Waals surface area contributed by atoms with Crippen molar-refractivity contribution in [3.05, 3.63) is 47.5 Å². The van der Waals surface area contributed by atoms with Crippen molar-refractivity contribution < 1.29 is 9.21 Å². The number of benzene rings is 1. The van der Waals surface area contributed by atoms with Crippen LogP contribution in [0.4, 0.5) is 5.88 Å². The van der Waals surface area contributed by atoms with Crippen LogP contribution in [0.1, 0.15) is 36.9 Å². The largest absolute Gasteiger partial charge is 0.420 e. The van der Waals surface area contributed by atoms with E-state index in [1.807, 2.05) is 53.1 Å². The number of carbonyl (C=O) groups excluding carboxylic acids is 1. The summed E-state index contributed by atoms with van der Waals surface area (Å²) in [5.41, 5.74) is 1.32. The van der Waals surface area contributed by atoms with Gasteiger partial charge in [0.2, 0.25) is 23.4 Å². The number of aromatic nitrogens is 1. The number of carbonyl (C=O) groups is 1. The van der Waals surface area contributed by atoms with Gasteiger partial charge in [0.05, 0.1) is 0 Å². The van der Waals surface area contributed by atoms with Gasteiger partial charge in [-0.15, -0.1) is 0 Å². The Bertz CT molecular complexity index is 812. The first-order valence-corrected chi connectivity index (χ1v) is 8.88. The first-order valence-electron chi connectivity index (χ1n) is 8.88. The summed E-state index contributed by atoms with van der Waals surface area (Å²) in [5.74, 6) is 1.09. The van der Waals surface area contributed by atoms with E-state index in [0.717, 1.165) is 12.0 Å². The average molecular weight is 350 g/mol. The molecule has 0 aliphatic carbocycles. The third-order valence-corrected chi connectivity index (χ3v) is 4.33. The van der Waals surface area contributed by atoms with Crippen LogP contribution < -0.4 is 4.90 Å². The second kappa shape index (κ2) is 8.34. The molecule has 0 atom stereocenters. The molecule has 0 bridgehead atoms. The Hall–Kier alpha value is -3.07. The zero-order valence-electron chi connectivity index (χ0n) is 14.9. The Kier molecular flexibility index (Phi) is 5.69. The van der Waals surface area contributed by atoms with Crippen molar-refractivity contribution in [1.82, 2.24) is 9.88 Å². The SMILES string of the molecule is CCCC(=O)N1CCN(c2oc(C=Cc3ccccc3)nc2C#N)CC1. The van der Waals surface area contributed by atoms with E-state index in [2.05, 4.69) is 11.1 Å². The molecule has 3 rings (SSSR count). The van der Waals surface area contributed by atoms with E-state index in [1.165, 1.54) is 0 Å². The lowest BCUT2D eigenvalue weighted by molar-refractivity contribution is -0.131. The lowest BCUT2D eigenvalue weighted by Crippen LogP contribution is -2.48. The molecule has 1 amide bonds. The number of nitrogens with zero attached hydrogens (tertiary/aromatic N) is 4. The highest BCUT2D eigenvalue weighted by atomic mass is 16.4. The van der Waals surface area contributed by atoms with Crippen molar-refractivity contribution in [3.63, 3.8) is 0 Å². The summed E-state index contributed by atoms with van der Waals surface area (Å²) in [6, 6.07) is 11.9. The Balaban J connectivity index is 1.69. The third kappa shape index (κ3) is 4.12. The predicted octanol–water partition coefficient (Wildman–Crippen LogP) is 3.17. The fourth-order valence-corrected chi connectivity index (χ4v) is 2.95. The van der Waals surface area contributed by atoms with E-state index in [9.17, 15) is 10.1 Å². The molecule has 1 aliphatic heterocycles. The molecule has 1 aliphatic rings. The quantitative estimate of drug-likeness (QED) is 0.828. The highest BCUT2D eigenvalue weighted by Gasteiger charge is 2.25. The van der Waals surface area contributed by atoms with E-state index in [1.54, 1.807) is 6.08 Å². The molecule has 134 valence electrons. The van der Waals surface area contributed by atoms with Gasteiger partial charge < -0.3 is 14.2 Å². The minimum Gasteiger partial charge on any atom is -0.420 e. The number of nitriles is 1. The molecule has 1 saturated heterocycles. The van der Waals surface area contributed by atoms with Crippen LogP contribution in [-0.4, -0.2) is 42.0 Å². The Morgan fingerprint density at radius 1 is 1.23 bits per heavy atom. The fraction of sp³-hybridized carbons (Fsp3) is 0.350. The molecule has 0 radical (unpaired) electrons. The van der Waals surface area contributed by atoms with Crippen molar-refractivity contribution >= 4 is 23.9 Å². The smallest absolute Gasteiger partial charge is 0.235 e. The van der Waals surface area contributed by atoms with Crippen molar-refractivity contribution in [2.75, 3.05) is 31.1 Å². The number of rotatable bonds is 5. The Labute approximate surface area is 153 Å². The molecular weight excluding hydrogens is 328 g/mol. The lowest BCUT2D eigenvalue weighted by atomic mass is 10.2. The minimum atomic E-state index is 0.191. The Morgan fingerprint density at radius 2 is 1.96 bits per heavy atom. The number of amides is 1. The van der Waals surface area contributed by atoms with Crippen molar-refractivity contribution in [3.8, 4) is 6.07 Å². The highest BCUT2D eigenvalue weighted by molar-refractivity contribution is 5.76. The summed E-state index contributed by atoms with van der Waals surface area (Å²) < 4.78 is 5.81. The molecule has 0 N–H and O–H groups in total. The molecule has 1 aromatic heterocycles. The van der Waals surface area contributed by atoms with Gasteiger partial charge in [0.25, 0.3) is 0 Å². The van der Waals surface area contributed by atoms with Gasteiger partial charge in [0.1, 0.15) is 6.07 Å². The van der Waals surface area contributed by atoms with Crippen LogP contribution in [0.25, 0.3) is 12.2 Å². The minimum absolute atomic E-state index is 0.191. The molecule has 1 fully saturated rings. The van der Waals surface area contributed by atoms with Gasteiger partial charge in [-0.2, -0.15) is 10.2 Å². The Morgan fingerprint density at radius 3 is 2.62 bits per heavy atom.